The highest BCUT2D eigenvalue weighted by Gasteiger charge is 2.25. The molecule has 1 saturated heterocycles. The number of allylic oxidation sites excluding steroid dienone is 1. The molecule has 0 bridgehead atoms. The molecule has 0 radical (unpaired) electrons. The molecule has 2 atom stereocenters. The van der Waals surface area contributed by atoms with Crippen LogP contribution in [-0.4, -0.2) is 24.2 Å². The minimum atomic E-state index is -0.0373. The number of hydrogen-bond donors (Lipinski definition) is 2. The van der Waals surface area contributed by atoms with Gasteiger partial charge in [0.25, 0.3) is 0 Å². The Labute approximate surface area is 129 Å². The Bertz CT molecular complexity index is 578. The van der Waals surface area contributed by atoms with Crippen LogP contribution in [0.4, 0.5) is 0 Å². The average molecular weight is 301 g/mol. The van der Waals surface area contributed by atoms with Crippen LogP contribution in [-0.2, 0) is 4.79 Å². The summed E-state index contributed by atoms with van der Waals surface area (Å²) >= 11 is 1.36. The fourth-order valence-electron chi connectivity index (χ4n) is 2.36. The van der Waals surface area contributed by atoms with Crippen molar-refractivity contribution in [2.24, 2.45) is 10.3 Å². The topological polar surface area (TPSA) is 53.5 Å². The molecule has 110 valence electrons. The predicted octanol–water partition coefficient (Wildman–Crippen LogP) is 2.48. The van der Waals surface area contributed by atoms with Crippen LogP contribution in [0.1, 0.15) is 25.3 Å². The van der Waals surface area contributed by atoms with E-state index in [1.165, 1.54) is 11.9 Å². The number of nitrogens with one attached hydrogen (secondary N) is 2. The van der Waals surface area contributed by atoms with Crippen molar-refractivity contribution >= 4 is 23.6 Å². The van der Waals surface area contributed by atoms with Crippen molar-refractivity contribution in [1.29, 1.82) is 0 Å². The molecule has 1 amide bonds. The van der Waals surface area contributed by atoms with E-state index in [9.17, 15) is 4.79 Å². The Balaban J connectivity index is 1.69. The van der Waals surface area contributed by atoms with Crippen LogP contribution in [0, 0.1) is 5.92 Å². The normalized spacial score (nSPS) is 25.2. The Morgan fingerprint density at radius 3 is 2.81 bits per heavy atom. The van der Waals surface area contributed by atoms with Crippen molar-refractivity contribution in [3.63, 3.8) is 0 Å². The van der Waals surface area contributed by atoms with Gasteiger partial charge in [0.2, 0.25) is 5.91 Å². The fraction of sp³-hybridized carbons (Fsp3) is 0.375. The van der Waals surface area contributed by atoms with Gasteiger partial charge in [-0.25, -0.2) is 4.40 Å². The molecular formula is C16H19N3OS. The van der Waals surface area contributed by atoms with Gasteiger partial charge < -0.3 is 10.6 Å². The Morgan fingerprint density at radius 2 is 2.14 bits per heavy atom. The Morgan fingerprint density at radius 1 is 1.38 bits per heavy atom. The summed E-state index contributed by atoms with van der Waals surface area (Å²) in [6.07, 6.45) is 3.87. The fourth-order valence-corrected chi connectivity index (χ4v) is 3.16. The number of carbonyl (C=O) groups excluding carboxylic acids is 1. The smallest absolute Gasteiger partial charge is 0.241 e. The maximum Gasteiger partial charge on any atom is 0.241 e. The Hall–Kier alpha value is -1.59. The van der Waals surface area contributed by atoms with Crippen LogP contribution in [0.15, 0.2) is 45.8 Å². The van der Waals surface area contributed by atoms with Crippen LogP contribution in [0.5, 0.6) is 0 Å². The highest BCUT2D eigenvalue weighted by atomic mass is 32.2. The maximum atomic E-state index is 12.0. The summed E-state index contributed by atoms with van der Waals surface area (Å²) in [4.78, 5) is 12.0. The monoisotopic (exact) mass is 301 g/mol. The minimum absolute atomic E-state index is 0.0373. The van der Waals surface area contributed by atoms with Gasteiger partial charge in [-0.05, 0) is 24.9 Å². The van der Waals surface area contributed by atoms with Gasteiger partial charge in [0.15, 0.2) is 0 Å². The number of hydrogen-bond acceptors (Lipinski definition) is 4. The van der Waals surface area contributed by atoms with Crippen molar-refractivity contribution in [2.75, 3.05) is 6.54 Å². The van der Waals surface area contributed by atoms with Gasteiger partial charge in [0.1, 0.15) is 0 Å². The predicted molar refractivity (Wildman–Crippen MR) is 87.0 cm³/mol. The molecule has 5 heteroatoms. The number of carbonyl (C=O) groups is 1. The van der Waals surface area contributed by atoms with Gasteiger partial charge in [-0.15, -0.1) is 0 Å². The highest BCUT2D eigenvalue weighted by Crippen LogP contribution is 2.26. The molecule has 2 aliphatic heterocycles. The molecular weight excluding hydrogens is 282 g/mol. The summed E-state index contributed by atoms with van der Waals surface area (Å²) in [5.41, 5.74) is 2.24. The second kappa shape index (κ2) is 6.45. The summed E-state index contributed by atoms with van der Waals surface area (Å²) in [5, 5.41) is 6.92. The minimum Gasteiger partial charge on any atom is -0.318 e. The van der Waals surface area contributed by atoms with E-state index in [-0.39, 0.29) is 11.9 Å². The van der Waals surface area contributed by atoms with Crippen molar-refractivity contribution in [1.82, 2.24) is 10.6 Å². The van der Waals surface area contributed by atoms with E-state index in [1.807, 2.05) is 18.2 Å². The lowest BCUT2D eigenvalue weighted by atomic mass is 9.96. The first-order valence-electron chi connectivity index (χ1n) is 7.29. The van der Waals surface area contributed by atoms with E-state index in [4.69, 9.17) is 0 Å². The molecule has 2 heterocycles. The molecule has 4 nitrogen and oxygen atoms in total. The third kappa shape index (κ3) is 3.36. The summed E-state index contributed by atoms with van der Waals surface area (Å²) < 4.78 is 4.64. The lowest BCUT2D eigenvalue weighted by Gasteiger charge is -2.26. The molecule has 2 unspecified atom stereocenters. The average Bonchev–Trinajstić information content (AvgIpc) is 2.60. The van der Waals surface area contributed by atoms with E-state index >= 15 is 0 Å². The van der Waals surface area contributed by atoms with E-state index < -0.39 is 0 Å². The van der Waals surface area contributed by atoms with Crippen LogP contribution < -0.4 is 10.6 Å². The van der Waals surface area contributed by atoms with Crippen molar-refractivity contribution in [3.05, 3.63) is 47.0 Å². The number of benzene rings is 1. The molecule has 0 spiro atoms. The molecule has 21 heavy (non-hydrogen) atoms. The molecule has 0 saturated carbocycles. The number of nitrogens with zero attached hydrogens (tertiary/aromatic N) is 1. The first kappa shape index (κ1) is 14.4. The quantitative estimate of drug-likeness (QED) is 0.843. The first-order chi connectivity index (χ1) is 10.2. The van der Waals surface area contributed by atoms with E-state index in [1.54, 1.807) is 0 Å². The zero-order valence-electron chi connectivity index (χ0n) is 12.0. The van der Waals surface area contributed by atoms with E-state index in [0.717, 1.165) is 35.7 Å². The van der Waals surface area contributed by atoms with Gasteiger partial charge in [-0.3, -0.25) is 4.79 Å². The maximum absolute atomic E-state index is 12.0. The zero-order valence-corrected chi connectivity index (χ0v) is 12.8. The summed E-state index contributed by atoms with van der Waals surface area (Å²) in [6.45, 7) is 3.10. The van der Waals surface area contributed by atoms with E-state index in [2.05, 4.69) is 40.2 Å². The number of rotatable bonds is 3. The summed E-state index contributed by atoms with van der Waals surface area (Å²) in [6, 6.07) is 10.2. The van der Waals surface area contributed by atoms with Gasteiger partial charge in [0.05, 0.1) is 16.8 Å². The first-order valence-corrected chi connectivity index (χ1v) is 8.06. The third-order valence-corrected chi connectivity index (χ3v) is 4.58. The second-order valence-corrected chi connectivity index (χ2v) is 6.23. The Kier molecular flexibility index (Phi) is 4.41. The molecule has 1 aromatic carbocycles. The lowest BCUT2D eigenvalue weighted by Crippen LogP contribution is -2.52. The van der Waals surface area contributed by atoms with Crippen molar-refractivity contribution in [2.45, 2.75) is 25.8 Å². The summed E-state index contributed by atoms with van der Waals surface area (Å²) in [5.74, 6) is 0.391. The standard InChI is InChI=1S/C16H19N3OS/c1-11-7-8-14(18-16(20)13-9-10-17-13)21-19-15(11)12-5-3-2-4-6-12/h2-6,8,11,13,17H,7,9-10H2,1H3,(H,18,20). The highest BCUT2D eigenvalue weighted by molar-refractivity contribution is 8.02. The van der Waals surface area contributed by atoms with Crippen LogP contribution in [0.2, 0.25) is 0 Å². The van der Waals surface area contributed by atoms with E-state index in [0.29, 0.717) is 5.92 Å². The zero-order chi connectivity index (χ0) is 14.7. The molecule has 0 aliphatic carbocycles. The second-order valence-electron chi connectivity index (χ2n) is 5.42. The largest absolute Gasteiger partial charge is 0.318 e. The van der Waals surface area contributed by atoms with Crippen LogP contribution in [0.3, 0.4) is 0 Å². The van der Waals surface area contributed by atoms with Gasteiger partial charge in [0, 0.05) is 17.9 Å². The van der Waals surface area contributed by atoms with Gasteiger partial charge >= 0.3 is 0 Å². The van der Waals surface area contributed by atoms with Crippen LogP contribution in [0.25, 0.3) is 0 Å². The molecule has 2 N–H and O–H groups in total. The van der Waals surface area contributed by atoms with Crippen molar-refractivity contribution < 1.29 is 4.79 Å². The van der Waals surface area contributed by atoms with Gasteiger partial charge in [-0.1, -0.05) is 43.3 Å². The molecule has 3 rings (SSSR count). The molecule has 2 aliphatic rings. The van der Waals surface area contributed by atoms with Gasteiger partial charge in [-0.2, -0.15) is 0 Å². The van der Waals surface area contributed by atoms with Crippen LogP contribution >= 0.6 is 11.9 Å². The molecule has 1 aromatic rings. The SMILES string of the molecule is CC1CC=C(NC(=O)C2CCN2)SN=C1c1ccccc1. The number of amides is 1. The third-order valence-electron chi connectivity index (χ3n) is 3.82. The molecule has 1 fully saturated rings. The van der Waals surface area contributed by atoms with Crippen molar-refractivity contribution in [3.8, 4) is 0 Å². The molecule has 0 aromatic heterocycles. The summed E-state index contributed by atoms with van der Waals surface area (Å²) in [7, 11) is 0. The lowest BCUT2D eigenvalue weighted by molar-refractivity contribution is -0.123.